The molecule has 3 nitrogen and oxygen atoms in total. The predicted molar refractivity (Wildman–Crippen MR) is 78.9 cm³/mol. The molecule has 0 radical (unpaired) electrons. The Labute approximate surface area is 118 Å². The maximum atomic E-state index is 11.9. The van der Waals surface area contributed by atoms with Gasteiger partial charge in [-0.25, -0.2) is 0 Å². The molecule has 0 unspecified atom stereocenters. The fourth-order valence-electron chi connectivity index (χ4n) is 1.45. The molecule has 1 amide bonds. The fourth-order valence-corrected chi connectivity index (χ4v) is 1.81. The predicted octanol–water partition coefficient (Wildman–Crippen LogP) is 3.36. The van der Waals surface area contributed by atoms with Crippen LogP contribution in [-0.4, -0.2) is 12.2 Å². The van der Waals surface area contributed by atoms with Gasteiger partial charge in [-0.1, -0.05) is 0 Å². The lowest BCUT2D eigenvalue weighted by Crippen LogP contribution is -2.11. The number of benzene rings is 2. The molecule has 0 aromatic heterocycles. The van der Waals surface area contributed by atoms with Crippen molar-refractivity contribution in [3.05, 3.63) is 63.2 Å². The molecule has 4 heteroatoms. The molecule has 0 aliphatic rings. The second-order valence-corrected chi connectivity index (χ2v) is 4.95. The lowest BCUT2D eigenvalue weighted by molar-refractivity contribution is 0.102. The zero-order valence-electron chi connectivity index (χ0n) is 9.39. The molecule has 2 aromatic rings. The van der Waals surface area contributed by atoms with Crippen LogP contribution in [0.25, 0.3) is 0 Å². The minimum absolute atomic E-state index is 0.162. The molecule has 0 saturated heterocycles. The zero-order chi connectivity index (χ0) is 13.0. The highest BCUT2D eigenvalue weighted by Crippen LogP contribution is 2.12. The first-order valence-corrected chi connectivity index (χ1v) is 6.39. The third-order valence-corrected chi connectivity index (χ3v) is 3.13. The molecule has 0 bridgehead atoms. The van der Waals surface area contributed by atoms with Gasteiger partial charge in [0.2, 0.25) is 0 Å². The summed E-state index contributed by atoms with van der Waals surface area (Å²) in [6.45, 7) is 0. The van der Waals surface area contributed by atoms with E-state index in [1.54, 1.807) is 36.4 Å². The highest BCUT2D eigenvalue weighted by Gasteiger charge is 2.05. The molecule has 90 valence electrons. The minimum Gasteiger partial charge on any atom is -0.322 e. The van der Waals surface area contributed by atoms with Crippen LogP contribution in [0.5, 0.6) is 0 Å². The molecule has 2 aromatic carbocycles. The van der Waals surface area contributed by atoms with Gasteiger partial charge in [-0.2, -0.15) is 0 Å². The van der Waals surface area contributed by atoms with Crippen molar-refractivity contribution in [2.45, 2.75) is 0 Å². The largest absolute Gasteiger partial charge is 0.322 e. The molecule has 0 aliphatic heterocycles. The summed E-state index contributed by atoms with van der Waals surface area (Å²) >= 11 is 2.19. The van der Waals surface area contributed by atoms with E-state index < -0.39 is 0 Å². The summed E-state index contributed by atoms with van der Waals surface area (Å²) in [4.78, 5) is 22.4. The van der Waals surface area contributed by atoms with E-state index >= 15 is 0 Å². The molecular formula is C14H10INO2. The lowest BCUT2D eigenvalue weighted by atomic mass is 10.2. The number of anilines is 1. The summed E-state index contributed by atoms with van der Waals surface area (Å²) in [5, 5.41) is 2.77. The Kier molecular flexibility index (Phi) is 4.09. The number of hydrogen-bond donors (Lipinski definition) is 1. The van der Waals surface area contributed by atoms with Crippen molar-refractivity contribution < 1.29 is 9.59 Å². The Balaban J connectivity index is 2.10. The summed E-state index contributed by atoms with van der Waals surface area (Å²) in [6.07, 6.45) is 0.769. The van der Waals surface area contributed by atoms with Crippen LogP contribution in [0.4, 0.5) is 5.69 Å². The normalized spacial score (nSPS) is 9.83. The van der Waals surface area contributed by atoms with E-state index in [4.69, 9.17) is 0 Å². The number of carbonyl (C=O) groups excluding carboxylic acids is 2. The van der Waals surface area contributed by atoms with E-state index in [2.05, 4.69) is 27.9 Å². The van der Waals surface area contributed by atoms with Gasteiger partial charge < -0.3 is 5.32 Å². The van der Waals surface area contributed by atoms with Gasteiger partial charge >= 0.3 is 0 Å². The van der Waals surface area contributed by atoms with Gasteiger partial charge in [0.15, 0.2) is 0 Å². The Morgan fingerprint density at radius 1 is 1.00 bits per heavy atom. The third-order valence-electron chi connectivity index (χ3n) is 2.41. The van der Waals surface area contributed by atoms with Crippen LogP contribution in [0.3, 0.4) is 0 Å². The molecule has 1 N–H and O–H groups in total. The SMILES string of the molecule is O=Cc1ccc(NC(=O)c2ccc(I)cc2)cc1. The summed E-state index contributed by atoms with van der Waals surface area (Å²) < 4.78 is 1.08. The van der Waals surface area contributed by atoms with Gasteiger partial charge in [-0.3, -0.25) is 9.59 Å². The topological polar surface area (TPSA) is 46.2 Å². The number of rotatable bonds is 3. The van der Waals surface area contributed by atoms with Gasteiger partial charge in [-0.15, -0.1) is 0 Å². The Bertz CT molecular complexity index is 561. The van der Waals surface area contributed by atoms with Crippen molar-refractivity contribution in [1.82, 2.24) is 0 Å². The Morgan fingerprint density at radius 2 is 1.61 bits per heavy atom. The third kappa shape index (κ3) is 3.16. The van der Waals surface area contributed by atoms with Crippen LogP contribution < -0.4 is 5.32 Å². The number of nitrogens with one attached hydrogen (secondary N) is 1. The summed E-state index contributed by atoms with van der Waals surface area (Å²) in [7, 11) is 0. The van der Waals surface area contributed by atoms with Crippen molar-refractivity contribution >= 4 is 40.5 Å². The van der Waals surface area contributed by atoms with Gasteiger partial charge in [0, 0.05) is 20.4 Å². The van der Waals surface area contributed by atoms with E-state index in [9.17, 15) is 9.59 Å². The highest BCUT2D eigenvalue weighted by molar-refractivity contribution is 14.1. The van der Waals surface area contributed by atoms with E-state index in [1.807, 2.05) is 12.1 Å². The summed E-state index contributed by atoms with van der Waals surface area (Å²) in [6, 6.07) is 14.0. The van der Waals surface area contributed by atoms with Crippen LogP contribution in [0.15, 0.2) is 48.5 Å². The molecule has 2 rings (SSSR count). The van der Waals surface area contributed by atoms with Crippen molar-refractivity contribution in [2.75, 3.05) is 5.32 Å². The number of amides is 1. The fraction of sp³-hybridized carbons (Fsp3) is 0. The van der Waals surface area contributed by atoms with Crippen LogP contribution in [0.2, 0.25) is 0 Å². The second-order valence-electron chi connectivity index (χ2n) is 3.70. The molecule has 0 aliphatic carbocycles. The molecular weight excluding hydrogens is 341 g/mol. The van der Waals surface area contributed by atoms with Crippen LogP contribution in [0.1, 0.15) is 20.7 Å². The first-order valence-electron chi connectivity index (χ1n) is 5.31. The maximum absolute atomic E-state index is 11.9. The van der Waals surface area contributed by atoms with E-state index in [0.29, 0.717) is 16.8 Å². The summed E-state index contributed by atoms with van der Waals surface area (Å²) in [5.74, 6) is -0.162. The quantitative estimate of drug-likeness (QED) is 0.681. The van der Waals surface area contributed by atoms with Gasteiger partial charge in [0.05, 0.1) is 0 Å². The first-order chi connectivity index (χ1) is 8.69. The molecule has 0 atom stereocenters. The number of aldehydes is 1. The van der Waals surface area contributed by atoms with Gasteiger partial charge in [0.1, 0.15) is 6.29 Å². The van der Waals surface area contributed by atoms with Crippen LogP contribution in [-0.2, 0) is 0 Å². The standard InChI is InChI=1S/C14H10INO2/c15-12-5-3-11(4-6-12)14(18)16-13-7-1-10(9-17)2-8-13/h1-9H,(H,16,18). The molecule has 0 saturated carbocycles. The molecule has 0 heterocycles. The maximum Gasteiger partial charge on any atom is 0.255 e. The average molecular weight is 351 g/mol. The molecule has 0 fully saturated rings. The molecule has 18 heavy (non-hydrogen) atoms. The van der Waals surface area contributed by atoms with E-state index in [1.165, 1.54) is 0 Å². The van der Waals surface area contributed by atoms with E-state index in [0.717, 1.165) is 9.86 Å². The second kappa shape index (κ2) is 5.77. The van der Waals surface area contributed by atoms with Gasteiger partial charge in [0.25, 0.3) is 5.91 Å². The summed E-state index contributed by atoms with van der Waals surface area (Å²) in [5.41, 5.74) is 1.86. The highest BCUT2D eigenvalue weighted by atomic mass is 127. The van der Waals surface area contributed by atoms with Gasteiger partial charge in [-0.05, 0) is 71.1 Å². The van der Waals surface area contributed by atoms with Crippen molar-refractivity contribution in [1.29, 1.82) is 0 Å². The first kappa shape index (κ1) is 12.8. The Morgan fingerprint density at radius 3 is 2.17 bits per heavy atom. The molecule has 0 spiro atoms. The minimum atomic E-state index is -0.162. The van der Waals surface area contributed by atoms with Crippen molar-refractivity contribution in [3.8, 4) is 0 Å². The van der Waals surface area contributed by atoms with Crippen molar-refractivity contribution in [3.63, 3.8) is 0 Å². The number of carbonyl (C=O) groups is 2. The van der Waals surface area contributed by atoms with E-state index in [-0.39, 0.29) is 5.91 Å². The lowest BCUT2D eigenvalue weighted by Gasteiger charge is -2.05. The monoisotopic (exact) mass is 351 g/mol. The zero-order valence-corrected chi connectivity index (χ0v) is 11.5. The van der Waals surface area contributed by atoms with Crippen molar-refractivity contribution in [2.24, 2.45) is 0 Å². The Hall–Kier alpha value is -1.69. The average Bonchev–Trinajstić information content (AvgIpc) is 2.40. The number of halogens is 1. The smallest absolute Gasteiger partial charge is 0.255 e. The van der Waals surface area contributed by atoms with Crippen LogP contribution in [0, 0.1) is 3.57 Å². The van der Waals surface area contributed by atoms with Crippen LogP contribution >= 0.6 is 22.6 Å². The number of hydrogen-bond acceptors (Lipinski definition) is 2.